The van der Waals surface area contributed by atoms with Gasteiger partial charge in [-0.1, -0.05) is 174 Å². The normalized spacial score (nSPS) is 21.8. The third kappa shape index (κ3) is 20.3. The molecule has 5 atom stereocenters. The van der Waals surface area contributed by atoms with E-state index in [9.17, 15) is 25.2 Å². The van der Waals surface area contributed by atoms with Crippen molar-refractivity contribution >= 4 is 5.91 Å². The van der Waals surface area contributed by atoms with Crippen molar-refractivity contribution in [3.63, 3.8) is 0 Å². The van der Waals surface area contributed by atoms with Gasteiger partial charge in [0.25, 0.3) is 0 Å². The molecule has 0 aromatic carbocycles. The van der Waals surface area contributed by atoms with Gasteiger partial charge in [0.05, 0.1) is 6.61 Å². The molecule has 1 aliphatic rings. The summed E-state index contributed by atoms with van der Waals surface area (Å²) in [6.45, 7) is 4.47. The first kappa shape index (κ1) is 42.3. The molecule has 1 fully saturated rings. The Bertz CT molecular complexity index is 662. The summed E-state index contributed by atoms with van der Waals surface area (Å²) in [5.41, 5.74) is 0. The molecule has 1 saturated heterocycles. The lowest BCUT2D eigenvalue weighted by Crippen LogP contribution is -2.64. The lowest BCUT2D eigenvalue weighted by molar-refractivity contribution is -0.262. The van der Waals surface area contributed by atoms with E-state index in [-0.39, 0.29) is 5.91 Å². The molecule has 7 nitrogen and oxygen atoms in total. The van der Waals surface area contributed by atoms with Crippen molar-refractivity contribution in [2.24, 2.45) is 0 Å². The van der Waals surface area contributed by atoms with Crippen molar-refractivity contribution in [1.29, 1.82) is 0 Å². The predicted molar refractivity (Wildman–Crippen MR) is 186 cm³/mol. The molecule has 1 rings (SSSR count). The number of hydrogen-bond donors (Lipinski definition) is 4. The summed E-state index contributed by atoms with van der Waals surface area (Å²) in [6.07, 6.45) is 27.8. The van der Waals surface area contributed by atoms with Crippen molar-refractivity contribution in [3.05, 3.63) is 0 Å². The Morgan fingerprint density at radius 2 is 0.867 bits per heavy atom. The van der Waals surface area contributed by atoms with Crippen LogP contribution in [0, 0.1) is 0 Å². The zero-order valence-electron chi connectivity index (χ0n) is 29.7. The molecule has 0 radical (unpaired) electrons. The fourth-order valence-corrected chi connectivity index (χ4v) is 6.65. The van der Waals surface area contributed by atoms with Crippen molar-refractivity contribution in [1.82, 2.24) is 4.90 Å². The standard InChI is InChI=1S/C38H75NO6/c1-3-5-7-9-11-13-15-16-17-18-19-21-23-25-27-29-31-39(38-37(44)36(43)35(42)33(32-40)45-38)34(41)30-28-26-24-22-20-14-12-10-8-6-4-2/h33,35-38,40,42-44H,3-32H2,1-2H3/t33-,35+,36+,37-,38-/m1/s1. The van der Waals surface area contributed by atoms with E-state index in [1.807, 2.05) is 0 Å². The minimum absolute atomic E-state index is 0.0868. The molecule has 0 aromatic rings. The average molecular weight is 642 g/mol. The minimum Gasteiger partial charge on any atom is -0.394 e. The average Bonchev–Trinajstić information content (AvgIpc) is 3.04. The molecular formula is C38H75NO6. The van der Waals surface area contributed by atoms with Gasteiger partial charge in [-0.2, -0.15) is 0 Å². The molecule has 1 heterocycles. The highest BCUT2D eigenvalue weighted by molar-refractivity contribution is 5.76. The molecule has 0 saturated carbocycles. The van der Waals surface area contributed by atoms with Gasteiger partial charge in [0, 0.05) is 13.0 Å². The quantitative estimate of drug-likeness (QED) is 0.0565. The van der Waals surface area contributed by atoms with Crippen LogP contribution in [-0.2, 0) is 9.53 Å². The van der Waals surface area contributed by atoms with Crippen LogP contribution in [0.3, 0.4) is 0 Å². The van der Waals surface area contributed by atoms with E-state index in [0.29, 0.717) is 13.0 Å². The summed E-state index contributed by atoms with van der Waals surface area (Å²) in [4.78, 5) is 14.9. The summed E-state index contributed by atoms with van der Waals surface area (Å²) in [7, 11) is 0. The fourth-order valence-electron chi connectivity index (χ4n) is 6.65. The number of aliphatic hydroxyl groups excluding tert-OH is 4. The van der Waals surface area contributed by atoms with Crippen LogP contribution in [0.25, 0.3) is 0 Å². The summed E-state index contributed by atoms with van der Waals surface area (Å²) in [6, 6.07) is 0. The van der Waals surface area contributed by atoms with Gasteiger partial charge in [0.2, 0.25) is 5.91 Å². The van der Waals surface area contributed by atoms with Crippen LogP contribution in [0.5, 0.6) is 0 Å². The zero-order valence-corrected chi connectivity index (χ0v) is 29.7. The molecule has 0 spiro atoms. The Morgan fingerprint density at radius 3 is 1.24 bits per heavy atom. The summed E-state index contributed by atoms with van der Waals surface area (Å²) in [5.74, 6) is -0.0868. The summed E-state index contributed by atoms with van der Waals surface area (Å²) in [5, 5.41) is 41.0. The highest BCUT2D eigenvalue weighted by Gasteiger charge is 2.46. The van der Waals surface area contributed by atoms with E-state index in [2.05, 4.69) is 13.8 Å². The maximum absolute atomic E-state index is 13.4. The molecule has 45 heavy (non-hydrogen) atoms. The number of unbranched alkanes of at least 4 members (excludes halogenated alkanes) is 25. The Hall–Kier alpha value is -0.730. The van der Waals surface area contributed by atoms with Crippen LogP contribution < -0.4 is 0 Å². The number of amides is 1. The Labute approximate surface area is 277 Å². The van der Waals surface area contributed by atoms with Crippen molar-refractivity contribution in [3.8, 4) is 0 Å². The van der Waals surface area contributed by atoms with Crippen LogP contribution in [0.1, 0.15) is 194 Å². The monoisotopic (exact) mass is 642 g/mol. The second kappa shape index (κ2) is 29.4. The molecule has 1 amide bonds. The molecule has 0 aromatic heterocycles. The molecule has 0 bridgehead atoms. The smallest absolute Gasteiger partial charge is 0.224 e. The zero-order chi connectivity index (χ0) is 33.0. The fraction of sp³-hybridized carbons (Fsp3) is 0.974. The summed E-state index contributed by atoms with van der Waals surface area (Å²) >= 11 is 0. The number of nitrogens with zero attached hydrogens (tertiary/aromatic N) is 1. The van der Waals surface area contributed by atoms with Crippen molar-refractivity contribution < 1.29 is 30.0 Å². The van der Waals surface area contributed by atoms with E-state index in [1.165, 1.54) is 135 Å². The highest BCUT2D eigenvalue weighted by Crippen LogP contribution is 2.25. The van der Waals surface area contributed by atoms with E-state index in [0.717, 1.165) is 38.5 Å². The molecule has 4 N–H and O–H groups in total. The second-order valence-corrected chi connectivity index (χ2v) is 13.9. The highest BCUT2D eigenvalue weighted by atomic mass is 16.6. The van der Waals surface area contributed by atoms with Gasteiger partial charge < -0.3 is 30.1 Å². The molecule has 1 aliphatic heterocycles. The van der Waals surface area contributed by atoms with E-state index >= 15 is 0 Å². The van der Waals surface area contributed by atoms with Gasteiger partial charge in [-0.05, 0) is 12.8 Å². The van der Waals surface area contributed by atoms with Crippen LogP contribution in [-0.4, -0.2) is 75.0 Å². The second-order valence-electron chi connectivity index (χ2n) is 13.9. The molecule has 0 unspecified atom stereocenters. The van der Waals surface area contributed by atoms with Crippen molar-refractivity contribution in [2.75, 3.05) is 13.2 Å². The van der Waals surface area contributed by atoms with Crippen LogP contribution >= 0.6 is 0 Å². The topological polar surface area (TPSA) is 110 Å². The number of carbonyl (C=O) groups excluding carboxylic acids is 1. The predicted octanol–water partition coefficient (Wildman–Crippen LogP) is 8.58. The van der Waals surface area contributed by atoms with Gasteiger partial charge >= 0.3 is 0 Å². The third-order valence-electron chi connectivity index (χ3n) is 9.74. The van der Waals surface area contributed by atoms with Gasteiger partial charge in [-0.25, -0.2) is 0 Å². The lowest BCUT2D eigenvalue weighted by atomic mass is 9.97. The van der Waals surface area contributed by atoms with Crippen LogP contribution in [0.15, 0.2) is 0 Å². The number of hydrogen-bond acceptors (Lipinski definition) is 6. The number of rotatable bonds is 31. The van der Waals surface area contributed by atoms with Gasteiger partial charge in [0.1, 0.15) is 24.4 Å². The minimum atomic E-state index is -1.47. The lowest BCUT2D eigenvalue weighted by Gasteiger charge is -2.44. The number of ether oxygens (including phenoxy) is 1. The van der Waals surface area contributed by atoms with Crippen LogP contribution in [0.2, 0.25) is 0 Å². The Balaban J connectivity index is 2.32. The third-order valence-corrected chi connectivity index (χ3v) is 9.74. The largest absolute Gasteiger partial charge is 0.394 e. The maximum Gasteiger partial charge on any atom is 0.224 e. The number of aliphatic hydroxyl groups is 4. The SMILES string of the molecule is CCCCCCCCCCCCCCCCCCN(C(=O)CCCCCCCCCCCCC)[C@@H]1O[C@H](CO)[C@H](O)[C@H](O)[C@H]1O. The van der Waals surface area contributed by atoms with Crippen LogP contribution in [0.4, 0.5) is 0 Å². The Kier molecular flexibility index (Phi) is 27.6. The molecule has 268 valence electrons. The first-order valence-electron chi connectivity index (χ1n) is 19.6. The number of carbonyl (C=O) groups is 1. The molecular weight excluding hydrogens is 566 g/mol. The van der Waals surface area contributed by atoms with Gasteiger partial charge in [0.15, 0.2) is 6.23 Å². The summed E-state index contributed by atoms with van der Waals surface area (Å²) < 4.78 is 5.80. The molecule has 7 heteroatoms. The van der Waals surface area contributed by atoms with Gasteiger partial charge in [-0.15, -0.1) is 0 Å². The Morgan fingerprint density at radius 1 is 0.511 bits per heavy atom. The first-order valence-corrected chi connectivity index (χ1v) is 19.6. The maximum atomic E-state index is 13.4. The van der Waals surface area contributed by atoms with E-state index in [1.54, 1.807) is 4.90 Å². The van der Waals surface area contributed by atoms with E-state index < -0.39 is 37.3 Å². The van der Waals surface area contributed by atoms with Crippen molar-refractivity contribution in [2.45, 2.75) is 224 Å². The van der Waals surface area contributed by atoms with Gasteiger partial charge in [-0.3, -0.25) is 4.79 Å². The molecule has 0 aliphatic carbocycles. The first-order chi connectivity index (χ1) is 22.0. The van der Waals surface area contributed by atoms with E-state index in [4.69, 9.17) is 4.74 Å².